The molecule has 0 bridgehead atoms. The van der Waals surface area contributed by atoms with Gasteiger partial charge in [-0.15, -0.1) is 0 Å². The van der Waals surface area contributed by atoms with Crippen molar-refractivity contribution in [2.24, 2.45) is 30.7 Å². The normalized spacial score (nSPS) is 14.8. The molecule has 126 valence electrons. The van der Waals surface area contributed by atoms with E-state index in [1.54, 1.807) is 40.1 Å². The van der Waals surface area contributed by atoms with Crippen LogP contribution in [0.1, 0.15) is 38.8 Å². The zero-order valence-electron chi connectivity index (χ0n) is 14.0. The van der Waals surface area contributed by atoms with Crippen LogP contribution in [-0.2, 0) is 0 Å². The fourth-order valence-electron chi connectivity index (χ4n) is 1.37. The molecule has 0 aliphatic carbocycles. The maximum Gasteiger partial charge on any atom is 0.0994 e. The Morgan fingerprint density at radius 2 is 1.17 bits per heavy atom. The second kappa shape index (κ2) is 9.78. The fourth-order valence-corrected chi connectivity index (χ4v) is 1.37. The van der Waals surface area contributed by atoms with Gasteiger partial charge < -0.3 is 10.4 Å². The highest BCUT2D eigenvalue weighted by molar-refractivity contribution is 6.40. The third-order valence-corrected chi connectivity index (χ3v) is 3.09. The standard InChI is InChI=1S/C16H20N6O2/c1-11(13(3)21-23)19-17-9-15-6-5-7-16(8-15)10-18-20-12(2)14(4)22-24/h5-10,23-24H,1-4H3/b17-9?,18-10?,19-11+,20-12+,21-13+,22-14+. The Labute approximate surface area is 140 Å². The topological polar surface area (TPSA) is 115 Å². The van der Waals surface area contributed by atoms with Crippen LogP contribution in [0.2, 0.25) is 0 Å². The van der Waals surface area contributed by atoms with E-state index in [4.69, 9.17) is 10.4 Å². The summed E-state index contributed by atoms with van der Waals surface area (Å²) in [6.45, 7) is 6.68. The summed E-state index contributed by atoms with van der Waals surface area (Å²) in [5.41, 5.74) is 3.53. The number of hydrogen-bond donors (Lipinski definition) is 2. The molecule has 0 saturated heterocycles. The van der Waals surface area contributed by atoms with Gasteiger partial charge in [0.1, 0.15) is 0 Å². The van der Waals surface area contributed by atoms with E-state index in [0.29, 0.717) is 22.8 Å². The molecule has 0 aliphatic heterocycles. The molecule has 0 radical (unpaired) electrons. The van der Waals surface area contributed by atoms with E-state index in [1.165, 1.54) is 0 Å². The molecule has 1 rings (SSSR count). The van der Waals surface area contributed by atoms with E-state index < -0.39 is 0 Å². The number of hydrogen-bond acceptors (Lipinski definition) is 8. The van der Waals surface area contributed by atoms with Gasteiger partial charge in [-0.25, -0.2) is 0 Å². The van der Waals surface area contributed by atoms with E-state index in [9.17, 15) is 0 Å². The molecule has 1 aromatic rings. The number of rotatable bonds is 6. The van der Waals surface area contributed by atoms with Gasteiger partial charge in [0.2, 0.25) is 0 Å². The zero-order valence-corrected chi connectivity index (χ0v) is 14.0. The Morgan fingerprint density at radius 3 is 1.54 bits per heavy atom. The summed E-state index contributed by atoms with van der Waals surface area (Å²) in [5, 5.41) is 39.2. The van der Waals surface area contributed by atoms with Crippen molar-refractivity contribution in [1.82, 2.24) is 0 Å². The lowest BCUT2D eigenvalue weighted by Gasteiger charge is -1.96. The summed E-state index contributed by atoms with van der Waals surface area (Å²) in [6.07, 6.45) is 3.17. The van der Waals surface area contributed by atoms with Gasteiger partial charge in [0, 0.05) is 0 Å². The minimum absolute atomic E-state index is 0.406. The summed E-state index contributed by atoms with van der Waals surface area (Å²) < 4.78 is 0. The van der Waals surface area contributed by atoms with Crippen LogP contribution in [-0.4, -0.2) is 45.7 Å². The van der Waals surface area contributed by atoms with Crippen molar-refractivity contribution in [2.75, 3.05) is 0 Å². The van der Waals surface area contributed by atoms with Crippen LogP contribution < -0.4 is 0 Å². The summed E-state index contributed by atoms with van der Waals surface area (Å²) in [6, 6.07) is 7.46. The predicted octanol–water partition coefficient (Wildman–Crippen LogP) is 2.98. The molecule has 0 spiro atoms. The predicted molar refractivity (Wildman–Crippen MR) is 97.6 cm³/mol. The van der Waals surface area contributed by atoms with Crippen LogP contribution in [0.4, 0.5) is 0 Å². The summed E-state index contributed by atoms with van der Waals surface area (Å²) >= 11 is 0. The van der Waals surface area contributed by atoms with Gasteiger partial charge in [-0.3, -0.25) is 0 Å². The van der Waals surface area contributed by atoms with Crippen molar-refractivity contribution < 1.29 is 10.4 Å². The average Bonchev–Trinajstić information content (AvgIpc) is 2.60. The van der Waals surface area contributed by atoms with Crippen LogP contribution in [0.15, 0.2) is 55.0 Å². The van der Waals surface area contributed by atoms with Crippen LogP contribution in [0.25, 0.3) is 0 Å². The molecule has 0 atom stereocenters. The number of benzene rings is 1. The Bertz CT molecular complexity index is 685. The highest BCUT2D eigenvalue weighted by Gasteiger charge is 1.96. The Morgan fingerprint density at radius 1 is 0.750 bits per heavy atom. The second-order valence-electron chi connectivity index (χ2n) is 4.90. The van der Waals surface area contributed by atoms with Crippen LogP contribution >= 0.6 is 0 Å². The smallest absolute Gasteiger partial charge is 0.0994 e. The van der Waals surface area contributed by atoms with E-state index in [1.807, 2.05) is 24.3 Å². The Kier molecular flexibility index (Phi) is 7.69. The van der Waals surface area contributed by atoms with Gasteiger partial charge in [0.15, 0.2) is 0 Å². The molecule has 0 amide bonds. The first-order chi connectivity index (χ1) is 11.5. The zero-order chi connectivity index (χ0) is 17.9. The van der Waals surface area contributed by atoms with Crippen molar-refractivity contribution in [3.8, 4) is 0 Å². The maximum absolute atomic E-state index is 8.64. The van der Waals surface area contributed by atoms with Crippen molar-refractivity contribution in [1.29, 1.82) is 0 Å². The maximum atomic E-state index is 8.64. The van der Waals surface area contributed by atoms with Crippen molar-refractivity contribution in [3.05, 3.63) is 35.4 Å². The molecule has 24 heavy (non-hydrogen) atoms. The van der Waals surface area contributed by atoms with E-state index in [2.05, 4.69) is 30.7 Å². The average molecular weight is 328 g/mol. The Hall–Kier alpha value is -3.16. The Balaban J connectivity index is 2.84. The van der Waals surface area contributed by atoms with Gasteiger partial charge in [-0.05, 0) is 44.9 Å². The fraction of sp³-hybridized carbons (Fsp3) is 0.250. The first-order valence-electron chi connectivity index (χ1n) is 7.11. The molecule has 8 nitrogen and oxygen atoms in total. The summed E-state index contributed by atoms with van der Waals surface area (Å²) in [7, 11) is 0. The van der Waals surface area contributed by atoms with E-state index in [0.717, 1.165) is 11.1 Å². The molecule has 0 aliphatic rings. The van der Waals surface area contributed by atoms with Crippen molar-refractivity contribution in [3.63, 3.8) is 0 Å². The lowest BCUT2D eigenvalue weighted by atomic mass is 10.1. The number of oxime groups is 2. The van der Waals surface area contributed by atoms with Crippen molar-refractivity contribution >= 4 is 35.3 Å². The minimum atomic E-state index is 0.406. The number of nitrogens with zero attached hydrogens (tertiary/aromatic N) is 6. The molecule has 0 unspecified atom stereocenters. The van der Waals surface area contributed by atoms with Crippen LogP contribution in [0.5, 0.6) is 0 Å². The molecule has 8 heteroatoms. The van der Waals surface area contributed by atoms with Gasteiger partial charge in [-0.1, -0.05) is 28.5 Å². The quantitative estimate of drug-likeness (QED) is 0.475. The van der Waals surface area contributed by atoms with E-state index in [-0.39, 0.29) is 0 Å². The summed E-state index contributed by atoms with van der Waals surface area (Å²) in [5.74, 6) is 0. The molecular weight excluding hydrogens is 308 g/mol. The van der Waals surface area contributed by atoms with Gasteiger partial charge in [0.25, 0.3) is 0 Å². The lowest BCUT2D eigenvalue weighted by Crippen LogP contribution is -2.04. The van der Waals surface area contributed by atoms with Gasteiger partial charge >= 0.3 is 0 Å². The molecule has 2 N–H and O–H groups in total. The van der Waals surface area contributed by atoms with E-state index >= 15 is 0 Å². The van der Waals surface area contributed by atoms with Crippen LogP contribution in [0, 0.1) is 0 Å². The van der Waals surface area contributed by atoms with Crippen molar-refractivity contribution in [2.45, 2.75) is 27.7 Å². The van der Waals surface area contributed by atoms with Gasteiger partial charge in [0.05, 0.1) is 35.3 Å². The highest BCUT2D eigenvalue weighted by atomic mass is 16.4. The molecule has 1 aromatic carbocycles. The second-order valence-corrected chi connectivity index (χ2v) is 4.90. The molecule has 0 aromatic heterocycles. The first-order valence-corrected chi connectivity index (χ1v) is 7.11. The summed E-state index contributed by atoms with van der Waals surface area (Å²) in [4.78, 5) is 0. The molecule has 0 fully saturated rings. The SMILES string of the molecule is CC(=N\O)/C(C)=N/N=Cc1cccc(C=N/N=C(C)/C(C)=N/O)c1. The lowest BCUT2D eigenvalue weighted by molar-refractivity contribution is 0.319. The minimum Gasteiger partial charge on any atom is -0.411 e. The molecule has 0 saturated carbocycles. The largest absolute Gasteiger partial charge is 0.411 e. The molecule has 0 heterocycles. The molecular formula is C16H20N6O2. The third kappa shape index (κ3) is 6.30. The van der Waals surface area contributed by atoms with Gasteiger partial charge in [-0.2, -0.15) is 20.4 Å². The third-order valence-electron chi connectivity index (χ3n) is 3.09. The monoisotopic (exact) mass is 328 g/mol. The van der Waals surface area contributed by atoms with Crippen LogP contribution in [0.3, 0.4) is 0 Å². The highest BCUT2D eigenvalue weighted by Crippen LogP contribution is 2.01. The first kappa shape index (κ1) is 18.9.